The zero-order chi connectivity index (χ0) is 20.1. The highest BCUT2D eigenvalue weighted by Crippen LogP contribution is 2.14. The first-order valence-electron chi connectivity index (χ1n) is 7.88. The SMILES string of the molecule is O=C(O)c1cc(C[SiH2]Cc2cc(C(=O)O)cc(C(=O)O)c2)cc(C(=O)O)c1. The summed E-state index contributed by atoms with van der Waals surface area (Å²) in [4.78, 5) is 44.5. The third kappa shape index (κ3) is 5.25. The fraction of sp³-hybridized carbons (Fsp3) is 0.111. The standard InChI is InChI=1S/C18H16O8Si/c19-15(20)11-1-9(2-12(5-11)16(21)22)7-27-8-10-3-13(17(23)24)6-14(4-10)18(25)26/h1-6H,7-8,27H2,(H,19,20)(H,21,22)(H,23,24)(H,25,26). The number of rotatable bonds is 8. The third-order valence-electron chi connectivity index (χ3n) is 3.90. The third-order valence-corrected chi connectivity index (χ3v) is 5.77. The first-order chi connectivity index (χ1) is 12.7. The molecule has 0 aromatic heterocycles. The van der Waals surface area contributed by atoms with E-state index in [1.165, 1.54) is 24.3 Å². The van der Waals surface area contributed by atoms with Crippen molar-refractivity contribution in [2.45, 2.75) is 12.1 Å². The van der Waals surface area contributed by atoms with Crippen molar-refractivity contribution in [2.75, 3.05) is 0 Å². The second kappa shape index (κ2) is 8.28. The number of carboxylic acid groups (broad SMARTS) is 4. The van der Waals surface area contributed by atoms with E-state index in [2.05, 4.69) is 0 Å². The number of benzene rings is 2. The molecule has 9 heteroatoms. The lowest BCUT2D eigenvalue weighted by molar-refractivity contribution is 0.0676. The van der Waals surface area contributed by atoms with Gasteiger partial charge >= 0.3 is 23.9 Å². The number of carboxylic acids is 4. The molecule has 0 heterocycles. The number of hydrogen-bond acceptors (Lipinski definition) is 4. The second-order valence-corrected chi connectivity index (χ2v) is 7.62. The van der Waals surface area contributed by atoms with Crippen LogP contribution in [0.3, 0.4) is 0 Å². The van der Waals surface area contributed by atoms with Gasteiger partial charge in [-0.25, -0.2) is 19.2 Å². The van der Waals surface area contributed by atoms with Gasteiger partial charge in [0.05, 0.1) is 22.3 Å². The molecule has 2 rings (SSSR count). The summed E-state index contributed by atoms with van der Waals surface area (Å²) in [7, 11) is -0.919. The summed E-state index contributed by atoms with van der Waals surface area (Å²) in [5.41, 5.74) is 0.707. The van der Waals surface area contributed by atoms with Crippen molar-refractivity contribution in [3.63, 3.8) is 0 Å². The average Bonchev–Trinajstić information content (AvgIpc) is 2.61. The smallest absolute Gasteiger partial charge is 0.335 e. The molecule has 8 nitrogen and oxygen atoms in total. The summed E-state index contributed by atoms with van der Waals surface area (Å²) in [6, 6.07) is 8.81. The molecule has 4 N–H and O–H groups in total. The summed E-state index contributed by atoms with van der Waals surface area (Å²) in [5.74, 6) is -4.88. The van der Waals surface area contributed by atoms with Gasteiger partial charge in [0.1, 0.15) is 0 Å². The van der Waals surface area contributed by atoms with Gasteiger partial charge in [-0.3, -0.25) is 0 Å². The molecule has 0 amide bonds. The van der Waals surface area contributed by atoms with Crippen LogP contribution in [0, 0.1) is 0 Å². The molecule has 0 bridgehead atoms. The van der Waals surface area contributed by atoms with E-state index in [-0.39, 0.29) is 22.3 Å². The van der Waals surface area contributed by atoms with Gasteiger partial charge in [-0.15, -0.1) is 0 Å². The van der Waals surface area contributed by atoms with E-state index >= 15 is 0 Å². The second-order valence-electron chi connectivity index (χ2n) is 5.91. The molecule has 0 aliphatic heterocycles. The van der Waals surface area contributed by atoms with Crippen LogP contribution in [0.4, 0.5) is 0 Å². The molecule has 2 aromatic rings. The quantitative estimate of drug-likeness (QED) is 0.495. The molecule has 0 aliphatic rings. The van der Waals surface area contributed by atoms with Crippen molar-refractivity contribution < 1.29 is 39.6 Å². The summed E-state index contributed by atoms with van der Waals surface area (Å²) in [6.45, 7) is 0. The Balaban J connectivity index is 2.19. The lowest BCUT2D eigenvalue weighted by Gasteiger charge is -2.07. The largest absolute Gasteiger partial charge is 0.478 e. The van der Waals surface area contributed by atoms with Crippen molar-refractivity contribution in [1.29, 1.82) is 0 Å². The van der Waals surface area contributed by atoms with E-state index in [4.69, 9.17) is 20.4 Å². The van der Waals surface area contributed by atoms with E-state index in [0.29, 0.717) is 23.2 Å². The zero-order valence-electron chi connectivity index (χ0n) is 14.0. The van der Waals surface area contributed by atoms with Gasteiger partial charge in [0.2, 0.25) is 0 Å². The highest BCUT2D eigenvalue weighted by Gasteiger charge is 2.13. The molecule has 0 atom stereocenters. The predicted octanol–water partition coefficient (Wildman–Crippen LogP) is 1.35. The van der Waals surface area contributed by atoms with Crippen LogP contribution in [-0.2, 0) is 12.1 Å². The van der Waals surface area contributed by atoms with E-state index in [1.807, 2.05) is 0 Å². The molecule has 27 heavy (non-hydrogen) atoms. The molecular weight excluding hydrogens is 372 g/mol. The average molecular weight is 388 g/mol. The Morgan fingerprint density at radius 1 is 0.556 bits per heavy atom. The molecule has 0 saturated carbocycles. The van der Waals surface area contributed by atoms with Gasteiger partial charge in [-0.05, 0) is 59.6 Å². The number of carbonyl (C=O) groups is 4. The summed E-state index contributed by atoms with van der Waals surface area (Å²) in [5, 5.41) is 36.4. The maximum Gasteiger partial charge on any atom is 0.335 e. The minimum atomic E-state index is -1.22. The Labute approximate surface area is 155 Å². The Morgan fingerprint density at radius 3 is 1.04 bits per heavy atom. The summed E-state index contributed by atoms with van der Waals surface area (Å²) in [6.07, 6.45) is 0. The van der Waals surface area contributed by atoms with Gasteiger partial charge in [0.15, 0.2) is 0 Å². The number of aromatic carboxylic acids is 4. The monoisotopic (exact) mass is 388 g/mol. The predicted molar refractivity (Wildman–Crippen MR) is 96.7 cm³/mol. The molecule has 0 spiro atoms. The lowest BCUT2D eigenvalue weighted by Crippen LogP contribution is -2.09. The number of hydrogen-bond donors (Lipinski definition) is 4. The van der Waals surface area contributed by atoms with Gasteiger partial charge in [0.25, 0.3) is 0 Å². The van der Waals surface area contributed by atoms with E-state index in [1.54, 1.807) is 0 Å². The van der Waals surface area contributed by atoms with Crippen LogP contribution >= 0.6 is 0 Å². The van der Waals surface area contributed by atoms with Crippen LogP contribution in [-0.4, -0.2) is 53.8 Å². The maximum atomic E-state index is 11.1. The van der Waals surface area contributed by atoms with Crippen LogP contribution in [0.5, 0.6) is 0 Å². The van der Waals surface area contributed by atoms with Crippen LogP contribution in [0.2, 0.25) is 0 Å². The molecule has 0 saturated heterocycles. The molecule has 0 radical (unpaired) electrons. The molecule has 0 unspecified atom stereocenters. The minimum Gasteiger partial charge on any atom is -0.478 e. The highest BCUT2D eigenvalue weighted by molar-refractivity contribution is 6.34. The van der Waals surface area contributed by atoms with Crippen LogP contribution in [0.1, 0.15) is 52.6 Å². The maximum absolute atomic E-state index is 11.1. The van der Waals surface area contributed by atoms with Crippen molar-refractivity contribution in [3.8, 4) is 0 Å². The molecule has 0 aliphatic carbocycles. The Morgan fingerprint density at radius 2 is 0.815 bits per heavy atom. The summed E-state index contributed by atoms with van der Waals surface area (Å²) >= 11 is 0. The highest BCUT2D eigenvalue weighted by atomic mass is 28.2. The Kier molecular flexibility index (Phi) is 6.09. The van der Waals surface area contributed by atoms with Crippen LogP contribution in [0.15, 0.2) is 36.4 Å². The van der Waals surface area contributed by atoms with Crippen LogP contribution in [0.25, 0.3) is 0 Å². The first kappa shape index (κ1) is 19.9. The van der Waals surface area contributed by atoms with Gasteiger partial charge in [-0.2, -0.15) is 0 Å². The van der Waals surface area contributed by atoms with E-state index in [9.17, 15) is 19.2 Å². The fourth-order valence-electron chi connectivity index (χ4n) is 2.66. The topological polar surface area (TPSA) is 149 Å². The zero-order valence-corrected chi connectivity index (χ0v) is 15.4. The van der Waals surface area contributed by atoms with Crippen LogP contribution < -0.4 is 0 Å². The normalized spacial score (nSPS) is 10.4. The molecule has 140 valence electrons. The van der Waals surface area contributed by atoms with Crippen molar-refractivity contribution in [2.24, 2.45) is 0 Å². The molecule has 2 aromatic carbocycles. The van der Waals surface area contributed by atoms with E-state index in [0.717, 1.165) is 12.1 Å². The Hall–Kier alpha value is -3.46. The molecular formula is C18H16O8Si. The summed E-state index contributed by atoms with van der Waals surface area (Å²) < 4.78 is 0. The van der Waals surface area contributed by atoms with E-state index < -0.39 is 33.4 Å². The Bertz CT molecular complexity index is 795. The van der Waals surface area contributed by atoms with Crippen molar-refractivity contribution >= 4 is 33.4 Å². The van der Waals surface area contributed by atoms with Gasteiger partial charge < -0.3 is 20.4 Å². The first-order valence-corrected chi connectivity index (χ1v) is 9.88. The van der Waals surface area contributed by atoms with Crippen molar-refractivity contribution in [1.82, 2.24) is 0 Å². The fourth-order valence-corrected chi connectivity index (χ4v) is 4.23. The molecule has 0 fully saturated rings. The van der Waals surface area contributed by atoms with Crippen molar-refractivity contribution in [3.05, 3.63) is 69.8 Å². The van der Waals surface area contributed by atoms with Gasteiger partial charge in [0, 0.05) is 9.52 Å². The van der Waals surface area contributed by atoms with Gasteiger partial charge in [-0.1, -0.05) is 0 Å². The lowest BCUT2D eigenvalue weighted by atomic mass is 10.1. The minimum absolute atomic E-state index is 0.111.